The number of carbonyl (C=O) groups excluding carboxylic acids is 1. The summed E-state index contributed by atoms with van der Waals surface area (Å²) >= 11 is 0. The van der Waals surface area contributed by atoms with Crippen LogP contribution in [-0.2, 0) is 6.18 Å². The maximum absolute atomic E-state index is 13.7. The van der Waals surface area contributed by atoms with E-state index in [1.54, 1.807) is 60.2 Å². The summed E-state index contributed by atoms with van der Waals surface area (Å²) in [6.45, 7) is 3.76. The molecule has 202 valence electrons. The first-order valence-corrected chi connectivity index (χ1v) is 12.4. The van der Waals surface area contributed by atoms with E-state index in [2.05, 4.69) is 25.6 Å². The number of hydrogen-bond donors (Lipinski definition) is 2. The summed E-state index contributed by atoms with van der Waals surface area (Å²) in [5.41, 5.74) is 3.62. The SMILES string of the molecule is CC1=CN(c2cc(NC(=O)c3ccc(C)c(Nc4nccc(-c5cccnc5)n4)c3)cc(C(F)(F)F)c2)C=CC1. The van der Waals surface area contributed by atoms with Crippen molar-refractivity contribution >= 4 is 28.9 Å². The highest BCUT2D eigenvalue weighted by Crippen LogP contribution is 2.35. The van der Waals surface area contributed by atoms with Crippen molar-refractivity contribution in [2.75, 3.05) is 15.5 Å². The number of rotatable bonds is 6. The molecule has 4 aromatic rings. The molecular weight excluding hydrogens is 517 g/mol. The van der Waals surface area contributed by atoms with Gasteiger partial charge in [-0.15, -0.1) is 0 Å². The zero-order valence-corrected chi connectivity index (χ0v) is 21.7. The van der Waals surface area contributed by atoms with Gasteiger partial charge in [-0.1, -0.05) is 17.7 Å². The molecule has 0 fully saturated rings. The molecule has 3 heterocycles. The summed E-state index contributed by atoms with van der Waals surface area (Å²) in [7, 11) is 0. The number of aryl methyl sites for hydroxylation is 1. The molecule has 5 rings (SSSR count). The first-order valence-electron chi connectivity index (χ1n) is 12.4. The Morgan fingerprint density at radius 1 is 1.02 bits per heavy atom. The zero-order valence-electron chi connectivity index (χ0n) is 21.7. The molecule has 0 unspecified atom stereocenters. The molecule has 2 N–H and O–H groups in total. The minimum absolute atomic E-state index is 0.0300. The average molecular weight is 543 g/mol. The minimum Gasteiger partial charge on any atom is -0.324 e. The molecule has 2 aromatic heterocycles. The number of allylic oxidation sites excluding steroid dienone is 2. The molecule has 1 aliphatic rings. The van der Waals surface area contributed by atoms with Gasteiger partial charge in [-0.25, -0.2) is 9.97 Å². The number of amides is 1. The number of nitrogens with zero attached hydrogens (tertiary/aromatic N) is 4. The smallest absolute Gasteiger partial charge is 0.324 e. The predicted octanol–water partition coefficient (Wildman–Crippen LogP) is 7.49. The molecule has 40 heavy (non-hydrogen) atoms. The van der Waals surface area contributed by atoms with Crippen LogP contribution in [0, 0.1) is 6.92 Å². The van der Waals surface area contributed by atoms with Crippen molar-refractivity contribution in [1.82, 2.24) is 15.0 Å². The number of halogens is 3. The predicted molar refractivity (Wildman–Crippen MR) is 149 cm³/mol. The summed E-state index contributed by atoms with van der Waals surface area (Å²) < 4.78 is 41.1. The Kier molecular flexibility index (Phi) is 7.33. The third kappa shape index (κ3) is 6.17. The molecule has 0 radical (unpaired) electrons. The highest BCUT2D eigenvalue weighted by atomic mass is 19.4. The van der Waals surface area contributed by atoms with Gasteiger partial charge in [0.1, 0.15) is 0 Å². The van der Waals surface area contributed by atoms with Gasteiger partial charge in [0.25, 0.3) is 5.91 Å². The van der Waals surface area contributed by atoms with E-state index in [-0.39, 0.29) is 16.9 Å². The third-order valence-electron chi connectivity index (χ3n) is 6.23. The number of carbonyl (C=O) groups is 1. The number of aromatic nitrogens is 3. The summed E-state index contributed by atoms with van der Waals surface area (Å²) in [6.07, 6.45) is 6.46. The Bertz CT molecular complexity index is 1620. The van der Waals surface area contributed by atoms with Gasteiger partial charge in [-0.2, -0.15) is 13.2 Å². The van der Waals surface area contributed by atoms with Gasteiger partial charge in [-0.3, -0.25) is 9.78 Å². The normalized spacial score (nSPS) is 13.1. The lowest BCUT2D eigenvalue weighted by atomic mass is 10.1. The molecular formula is C30H25F3N6O. The fourth-order valence-electron chi connectivity index (χ4n) is 4.16. The van der Waals surface area contributed by atoms with Gasteiger partial charge in [0.2, 0.25) is 5.95 Å². The van der Waals surface area contributed by atoms with Crippen LogP contribution in [-0.4, -0.2) is 20.9 Å². The molecule has 0 saturated carbocycles. The van der Waals surface area contributed by atoms with Gasteiger partial charge < -0.3 is 15.5 Å². The Morgan fingerprint density at radius 2 is 1.88 bits per heavy atom. The molecule has 0 atom stereocenters. The van der Waals surface area contributed by atoms with Gasteiger partial charge in [0.05, 0.1) is 11.3 Å². The molecule has 0 bridgehead atoms. The highest BCUT2D eigenvalue weighted by Gasteiger charge is 2.32. The molecule has 7 nitrogen and oxygen atoms in total. The third-order valence-corrected chi connectivity index (χ3v) is 6.23. The zero-order chi connectivity index (χ0) is 28.3. The number of benzene rings is 2. The number of hydrogen-bond acceptors (Lipinski definition) is 6. The van der Waals surface area contributed by atoms with E-state index in [0.29, 0.717) is 17.3 Å². The molecule has 1 aliphatic heterocycles. The second kappa shape index (κ2) is 11.0. The van der Waals surface area contributed by atoms with Gasteiger partial charge in [-0.05, 0) is 74.4 Å². The van der Waals surface area contributed by atoms with Crippen LogP contribution in [0.5, 0.6) is 0 Å². The summed E-state index contributed by atoms with van der Waals surface area (Å²) in [4.78, 5) is 27.7. The van der Waals surface area contributed by atoms with Crippen LogP contribution >= 0.6 is 0 Å². The van der Waals surface area contributed by atoms with E-state index in [9.17, 15) is 18.0 Å². The second-order valence-electron chi connectivity index (χ2n) is 9.35. The lowest BCUT2D eigenvalue weighted by molar-refractivity contribution is -0.137. The Labute approximate surface area is 229 Å². The van der Waals surface area contributed by atoms with Gasteiger partial charge in [0.15, 0.2) is 0 Å². The molecule has 1 amide bonds. The summed E-state index contributed by atoms with van der Waals surface area (Å²) in [6, 6.07) is 13.9. The molecule has 2 aromatic carbocycles. The number of nitrogens with one attached hydrogen (secondary N) is 2. The lowest BCUT2D eigenvalue weighted by Crippen LogP contribution is -2.16. The second-order valence-corrected chi connectivity index (χ2v) is 9.35. The van der Waals surface area contributed by atoms with Crippen molar-refractivity contribution in [2.45, 2.75) is 26.4 Å². The Balaban J connectivity index is 1.40. The van der Waals surface area contributed by atoms with Crippen LogP contribution in [0.2, 0.25) is 0 Å². The van der Waals surface area contributed by atoms with Crippen molar-refractivity contribution in [3.63, 3.8) is 0 Å². The highest BCUT2D eigenvalue weighted by molar-refractivity contribution is 6.05. The topological polar surface area (TPSA) is 83.0 Å². The first kappa shape index (κ1) is 26.6. The number of anilines is 4. The first-order chi connectivity index (χ1) is 19.2. The van der Waals surface area contributed by atoms with E-state index in [1.165, 1.54) is 6.07 Å². The quantitative estimate of drug-likeness (QED) is 0.263. The molecule has 10 heteroatoms. The van der Waals surface area contributed by atoms with Gasteiger partial charge in [0, 0.05) is 59.2 Å². The minimum atomic E-state index is -4.58. The van der Waals surface area contributed by atoms with Crippen molar-refractivity contribution < 1.29 is 18.0 Å². The van der Waals surface area contributed by atoms with Crippen LogP contribution < -0.4 is 15.5 Å². The van der Waals surface area contributed by atoms with E-state index < -0.39 is 17.6 Å². The van der Waals surface area contributed by atoms with Crippen LogP contribution in [0.25, 0.3) is 11.3 Å². The number of pyridine rings is 1. The monoisotopic (exact) mass is 542 g/mol. The van der Waals surface area contributed by atoms with E-state index in [1.807, 2.05) is 32.1 Å². The van der Waals surface area contributed by atoms with Crippen molar-refractivity contribution in [3.8, 4) is 11.3 Å². The van der Waals surface area contributed by atoms with E-state index in [4.69, 9.17) is 0 Å². The lowest BCUT2D eigenvalue weighted by Gasteiger charge is -2.22. The molecule has 0 spiro atoms. The Hall–Kier alpha value is -4.99. The van der Waals surface area contributed by atoms with E-state index in [0.717, 1.165) is 35.3 Å². The standard InChI is InChI=1S/C30H25F3N6O/c1-19-5-4-12-39(18-19)25-15-23(30(31,32)33)14-24(16-25)36-28(40)21-8-7-20(2)27(13-21)38-29-35-11-9-26(37-29)22-6-3-10-34-17-22/h3-4,6-18H,5H2,1-2H3,(H,36,40)(H,35,37,38). The van der Waals surface area contributed by atoms with Crippen molar-refractivity contribution in [1.29, 1.82) is 0 Å². The largest absolute Gasteiger partial charge is 0.416 e. The Morgan fingerprint density at radius 3 is 2.62 bits per heavy atom. The van der Waals surface area contributed by atoms with Gasteiger partial charge >= 0.3 is 6.18 Å². The maximum Gasteiger partial charge on any atom is 0.416 e. The summed E-state index contributed by atoms with van der Waals surface area (Å²) in [5, 5.41) is 5.76. The average Bonchev–Trinajstić information content (AvgIpc) is 2.94. The fraction of sp³-hybridized carbons (Fsp3) is 0.133. The van der Waals surface area contributed by atoms with Crippen molar-refractivity contribution in [3.05, 3.63) is 114 Å². The maximum atomic E-state index is 13.7. The van der Waals surface area contributed by atoms with Crippen LogP contribution in [0.15, 0.2) is 97.2 Å². The van der Waals surface area contributed by atoms with Crippen molar-refractivity contribution in [2.24, 2.45) is 0 Å². The molecule has 0 saturated heterocycles. The summed E-state index contributed by atoms with van der Waals surface area (Å²) in [5.74, 6) is -0.235. The van der Waals surface area contributed by atoms with Crippen LogP contribution in [0.1, 0.15) is 34.8 Å². The number of alkyl halides is 3. The molecule has 0 aliphatic carbocycles. The van der Waals surface area contributed by atoms with E-state index >= 15 is 0 Å². The van der Waals surface area contributed by atoms with Crippen LogP contribution in [0.3, 0.4) is 0 Å². The fourth-order valence-corrected chi connectivity index (χ4v) is 4.16. The van der Waals surface area contributed by atoms with Crippen LogP contribution in [0.4, 0.5) is 36.2 Å².